The molecule has 7 nitrogen and oxygen atoms in total. The van der Waals surface area contributed by atoms with Crippen molar-refractivity contribution < 1.29 is 14.3 Å². The lowest BCUT2D eigenvalue weighted by molar-refractivity contribution is 0.250. The minimum atomic E-state index is -0.334. The number of nitrogens with zero attached hydrogens (tertiary/aromatic N) is 2. The molecule has 3 rings (SSSR count). The molecule has 1 aliphatic heterocycles. The number of ether oxygens (including phenoxy) is 2. The largest absolute Gasteiger partial charge is 0.494 e. The molecule has 2 amide bonds. The molecule has 0 fully saturated rings. The fraction of sp³-hybridized carbons (Fsp3) is 0.400. The first-order valence-corrected chi connectivity index (χ1v) is 8.30. The summed E-state index contributed by atoms with van der Waals surface area (Å²) in [6, 6.07) is 3.61. The van der Waals surface area contributed by atoms with Crippen molar-refractivity contribution in [2.75, 3.05) is 11.9 Å². The molecule has 2 heterocycles. The van der Waals surface area contributed by atoms with E-state index in [1.54, 1.807) is 5.51 Å². The molecule has 1 aliphatic rings. The van der Waals surface area contributed by atoms with Crippen molar-refractivity contribution in [3.8, 4) is 11.5 Å². The fourth-order valence-corrected chi connectivity index (χ4v) is 2.89. The molecule has 122 valence electrons. The van der Waals surface area contributed by atoms with Gasteiger partial charge in [-0.2, -0.15) is 0 Å². The van der Waals surface area contributed by atoms with Crippen LogP contribution in [0.25, 0.3) is 0 Å². The number of hydrogen-bond acceptors (Lipinski definition) is 6. The number of hydrogen-bond donors (Lipinski definition) is 2. The molecule has 1 aromatic carbocycles. The first-order valence-electron chi connectivity index (χ1n) is 7.42. The van der Waals surface area contributed by atoms with Crippen LogP contribution in [0.15, 0.2) is 17.6 Å². The summed E-state index contributed by atoms with van der Waals surface area (Å²) in [6.07, 6.45) is 1.05. The molecule has 0 saturated carbocycles. The second-order valence-electron chi connectivity index (χ2n) is 5.18. The molecule has 2 aromatic rings. The third-order valence-corrected chi connectivity index (χ3v) is 4.01. The van der Waals surface area contributed by atoms with Crippen molar-refractivity contribution >= 4 is 22.5 Å². The Hall–Kier alpha value is -2.35. The summed E-state index contributed by atoms with van der Waals surface area (Å²) >= 11 is 1.26. The summed E-state index contributed by atoms with van der Waals surface area (Å²) in [6.45, 7) is 4.88. The van der Waals surface area contributed by atoms with Crippen molar-refractivity contribution in [2.45, 2.75) is 32.9 Å². The molecule has 8 heteroatoms. The van der Waals surface area contributed by atoms with E-state index in [0.29, 0.717) is 18.3 Å². The van der Waals surface area contributed by atoms with E-state index in [1.807, 2.05) is 26.0 Å². The predicted octanol–water partition coefficient (Wildman–Crippen LogP) is 2.58. The first-order chi connectivity index (χ1) is 11.2. The van der Waals surface area contributed by atoms with E-state index < -0.39 is 0 Å². The minimum Gasteiger partial charge on any atom is -0.494 e. The minimum absolute atomic E-state index is 0.170. The average Bonchev–Trinajstić information content (AvgIpc) is 3.13. The highest BCUT2D eigenvalue weighted by Gasteiger charge is 2.22. The van der Waals surface area contributed by atoms with Crippen LogP contribution in [0, 0.1) is 0 Å². The molecule has 1 aromatic heterocycles. The van der Waals surface area contributed by atoms with Crippen LogP contribution in [0.3, 0.4) is 0 Å². The van der Waals surface area contributed by atoms with E-state index in [2.05, 4.69) is 20.8 Å². The van der Waals surface area contributed by atoms with Crippen LogP contribution in [0.1, 0.15) is 25.0 Å². The molecule has 0 aliphatic carbocycles. The average molecular weight is 334 g/mol. The zero-order valence-corrected chi connectivity index (χ0v) is 13.8. The van der Waals surface area contributed by atoms with E-state index in [1.165, 1.54) is 11.3 Å². The van der Waals surface area contributed by atoms with Gasteiger partial charge < -0.3 is 14.8 Å². The summed E-state index contributed by atoms with van der Waals surface area (Å²) in [7, 11) is 0. The number of nitrogens with one attached hydrogen (secondary N) is 2. The van der Waals surface area contributed by atoms with E-state index in [4.69, 9.17) is 9.47 Å². The zero-order valence-electron chi connectivity index (χ0n) is 13.0. The maximum Gasteiger partial charge on any atom is 0.321 e. The normalized spacial score (nSPS) is 15.7. The third-order valence-electron chi connectivity index (χ3n) is 3.40. The van der Waals surface area contributed by atoms with Crippen molar-refractivity contribution in [3.63, 3.8) is 0 Å². The van der Waals surface area contributed by atoms with E-state index in [-0.39, 0.29) is 12.1 Å². The number of benzene rings is 1. The second-order valence-corrected chi connectivity index (χ2v) is 6.02. The van der Waals surface area contributed by atoms with Crippen molar-refractivity contribution in [3.05, 3.63) is 28.8 Å². The molecular weight excluding hydrogens is 316 g/mol. The monoisotopic (exact) mass is 334 g/mol. The number of anilines is 1. The molecular formula is C15H18N4O3S. The van der Waals surface area contributed by atoms with Gasteiger partial charge in [-0.3, -0.25) is 5.32 Å². The van der Waals surface area contributed by atoms with E-state index >= 15 is 0 Å². The van der Waals surface area contributed by atoms with Crippen molar-refractivity contribution in [1.82, 2.24) is 15.5 Å². The van der Waals surface area contributed by atoms with Gasteiger partial charge in [-0.1, -0.05) is 11.3 Å². The topological polar surface area (TPSA) is 85.4 Å². The number of carbonyl (C=O) groups is 1. The van der Waals surface area contributed by atoms with Crippen LogP contribution in [0.2, 0.25) is 0 Å². The van der Waals surface area contributed by atoms with Crippen LogP contribution in [-0.2, 0) is 13.0 Å². The van der Waals surface area contributed by atoms with Gasteiger partial charge in [-0.25, -0.2) is 4.79 Å². The second kappa shape index (κ2) is 6.82. The van der Waals surface area contributed by atoms with Gasteiger partial charge in [0.2, 0.25) is 5.13 Å². The maximum absolute atomic E-state index is 11.9. The lowest BCUT2D eigenvalue weighted by Gasteiger charge is -2.13. The van der Waals surface area contributed by atoms with E-state index in [0.717, 1.165) is 29.0 Å². The molecule has 1 atom stereocenters. The summed E-state index contributed by atoms with van der Waals surface area (Å²) in [5.41, 5.74) is 3.58. The highest BCUT2D eigenvalue weighted by atomic mass is 32.1. The Morgan fingerprint density at radius 2 is 2.39 bits per heavy atom. The molecule has 0 bridgehead atoms. The Balaban J connectivity index is 1.69. The van der Waals surface area contributed by atoms with Gasteiger partial charge in [-0.15, -0.1) is 10.2 Å². The number of aromatic nitrogens is 2. The van der Waals surface area contributed by atoms with Crippen molar-refractivity contribution in [1.29, 1.82) is 0 Å². The van der Waals surface area contributed by atoms with E-state index in [9.17, 15) is 4.79 Å². The summed E-state index contributed by atoms with van der Waals surface area (Å²) in [5, 5.41) is 13.3. The Labute approximate surface area is 138 Å². The summed E-state index contributed by atoms with van der Waals surface area (Å²) in [5.74, 6) is 1.64. The molecule has 0 unspecified atom stereocenters. The Kier molecular flexibility index (Phi) is 4.61. The van der Waals surface area contributed by atoms with Gasteiger partial charge in [0.15, 0.2) is 0 Å². The summed E-state index contributed by atoms with van der Waals surface area (Å²) < 4.78 is 11.5. The maximum atomic E-state index is 11.9. The number of urea groups is 1. The third kappa shape index (κ3) is 3.70. The van der Waals surface area contributed by atoms with Gasteiger partial charge in [0.1, 0.15) is 23.1 Å². The Morgan fingerprint density at radius 1 is 1.52 bits per heavy atom. The molecule has 23 heavy (non-hydrogen) atoms. The van der Waals surface area contributed by atoms with Crippen LogP contribution in [0.4, 0.5) is 9.93 Å². The predicted molar refractivity (Wildman–Crippen MR) is 87.2 cm³/mol. The smallest absolute Gasteiger partial charge is 0.321 e. The summed E-state index contributed by atoms with van der Waals surface area (Å²) in [4.78, 5) is 11.9. The van der Waals surface area contributed by atoms with Gasteiger partial charge in [0, 0.05) is 24.1 Å². The van der Waals surface area contributed by atoms with Crippen LogP contribution >= 0.6 is 11.3 Å². The zero-order chi connectivity index (χ0) is 16.2. The van der Waals surface area contributed by atoms with Crippen LogP contribution in [-0.4, -0.2) is 28.9 Å². The molecule has 0 spiro atoms. The number of carbonyl (C=O) groups excluding carboxylic acids is 1. The SMILES string of the molecule is CCOc1cc2c(cc1CNC(=O)Nc1nncs1)O[C@H](C)C2. The van der Waals surface area contributed by atoms with Crippen LogP contribution < -0.4 is 20.1 Å². The lowest BCUT2D eigenvalue weighted by atomic mass is 10.1. The molecule has 2 N–H and O–H groups in total. The van der Waals surface area contributed by atoms with Gasteiger partial charge >= 0.3 is 6.03 Å². The number of amides is 2. The van der Waals surface area contributed by atoms with Gasteiger partial charge in [0.05, 0.1) is 6.61 Å². The Bertz CT molecular complexity index is 690. The Morgan fingerprint density at radius 3 is 3.13 bits per heavy atom. The van der Waals surface area contributed by atoms with Crippen LogP contribution in [0.5, 0.6) is 11.5 Å². The highest BCUT2D eigenvalue weighted by Crippen LogP contribution is 2.35. The standard InChI is InChI=1S/C15H18N4O3S/c1-3-21-12-5-10-4-9(2)22-13(10)6-11(12)7-16-14(20)18-15-19-17-8-23-15/h5-6,8-9H,3-4,7H2,1-2H3,(H2,16,18,19,20)/t9-/m1/s1. The van der Waals surface area contributed by atoms with Gasteiger partial charge in [0.25, 0.3) is 0 Å². The molecule has 0 radical (unpaired) electrons. The van der Waals surface area contributed by atoms with Gasteiger partial charge in [-0.05, 0) is 26.0 Å². The molecule has 0 saturated heterocycles. The lowest BCUT2D eigenvalue weighted by Crippen LogP contribution is -2.28. The fourth-order valence-electron chi connectivity index (χ4n) is 2.45. The first kappa shape index (κ1) is 15.5. The van der Waals surface area contributed by atoms with Crippen molar-refractivity contribution in [2.24, 2.45) is 0 Å². The number of fused-ring (bicyclic) bond motifs is 1. The highest BCUT2D eigenvalue weighted by molar-refractivity contribution is 7.13. The number of rotatable bonds is 5. The quantitative estimate of drug-likeness (QED) is 0.878.